The van der Waals surface area contributed by atoms with Crippen LogP contribution in [-0.2, 0) is 0 Å². The van der Waals surface area contributed by atoms with Crippen molar-refractivity contribution in [2.45, 2.75) is 18.9 Å². The smallest absolute Gasteiger partial charge is 0.237 e. The summed E-state index contributed by atoms with van der Waals surface area (Å²) in [6.07, 6.45) is 3.59. The molecule has 1 aromatic heterocycles. The molecule has 0 unspecified atom stereocenters. The number of nitrogens with one attached hydrogen (secondary N) is 1. The maximum Gasteiger partial charge on any atom is 0.237 e. The lowest BCUT2D eigenvalue weighted by Gasteiger charge is -2.08. The zero-order valence-corrected chi connectivity index (χ0v) is 7.38. The average Bonchev–Trinajstić information content (AvgIpc) is 2.92. The lowest BCUT2D eigenvalue weighted by atomic mass is 10.4. The number of rotatable bonds is 3. The van der Waals surface area contributed by atoms with Crippen LogP contribution in [0.3, 0.4) is 0 Å². The lowest BCUT2D eigenvalue weighted by Crippen LogP contribution is -2.02. The van der Waals surface area contributed by atoms with E-state index in [1.54, 1.807) is 7.05 Å². The van der Waals surface area contributed by atoms with Crippen molar-refractivity contribution in [2.24, 2.45) is 0 Å². The third kappa shape index (κ3) is 1.88. The van der Waals surface area contributed by atoms with Crippen molar-refractivity contribution in [3.05, 3.63) is 18.1 Å². The molecule has 1 N–H and O–H groups in total. The number of anilines is 1. The Morgan fingerprint density at radius 3 is 3.00 bits per heavy atom. The Balaban J connectivity index is 2.21. The number of halogens is 1. The van der Waals surface area contributed by atoms with Gasteiger partial charge in [-0.05, 0) is 12.8 Å². The first-order valence-corrected chi connectivity index (χ1v) is 4.29. The van der Waals surface area contributed by atoms with Crippen molar-refractivity contribution in [1.29, 1.82) is 0 Å². The van der Waals surface area contributed by atoms with Crippen molar-refractivity contribution >= 4 is 5.69 Å². The van der Waals surface area contributed by atoms with Crippen molar-refractivity contribution in [3.63, 3.8) is 0 Å². The second-order valence-corrected chi connectivity index (χ2v) is 3.07. The zero-order valence-electron chi connectivity index (χ0n) is 7.38. The van der Waals surface area contributed by atoms with Gasteiger partial charge in [-0.25, -0.2) is 9.37 Å². The second kappa shape index (κ2) is 3.20. The van der Waals surface area contributed by atoms with E-state index in [1.165, 1.54) is 12.3 Å². The molecular weight excluding hydrogens is 171 g/mol. The highest BCUT2D eigenvalue weighted by atomic mass is 19.1. The summed E-state index contributed by atoms with van der Waals surface area (Å²) in [6, 6.07) is 1.38. The van der Waals surface area contributed by atoms with Crippen LogP contribution in [0.4, 0.5) is 10.1 Å². The Hall–Kier alpha value is -1.32. The molecule has 13 heavy (non-hydrogen) atoms. The summed E-state index contributed by atoms with van der Waals surface area (Å²) in [5, 5.41) is 2.84. The van der Waals surface area contributed by atoms with E-state index >= 15 is 0 Å². The molecule has 3 nitrogen and oxygen atoms in total. The van der Waals surface area contributed by atoms with E-state index in [0.29, 0.717) is 11.6 Å². The van der Waals surface area contributed by atoms with Gasteiger partial charge in [0, 0.05) is 13.1 Å². The molecule has 2 rings (SSSR count). The van der Waals surface area contributed by atoms with Gasteiger partial charge in [-0.2, -0.15) is 0 Å². The first-order valence-electron chi connectivity index (χ1n) is 4.29. The molecule has 70 valence electrons. The fourth-order valence-corrected chi connectivity index (χ4v) is 1.04. The van der Waals surface area contributed by atoms with Gasteiger partial charge in [-0.3, -0.25) is 0 Å². The molecule has 0 atom stereocenters. The van der Waals surface area contributed by atoms with Crippen LogP contribution in [-0.4, -0.2) is 18.1 Å². The van der Waals surface area contributed by atoms with Crippen LogP contribution >= 0.6 is 0 Å². The van der Waals surface area contributed by atoms with Gasteiger partial charge in [0.1, 0.15) is 11.9 Å². The number of hydrogen-bond acceptors (Lipinski definition) is 3. The van der Waals surface area contributed by atoms with E-state index in [4.69, 9.17) is 4.74 Å². The van der Waals surface area contributed by atoms with Crippen LogP contribution < -0.4 is 10.1 Å². The van der Waals surface area contributed by atoms with Gasteiger partial charge < -0.3 is 10.1 Å². The Morgan fingerprint density at radius 2 is 2.38 bits per heavy atom. The van der Waals surface area contributed by atoms with Gasteiger partial charge >= 0.3 is 0 Å². The molecule has 1 heterocycles. The monoisotopic (exact) mass is 182 g/mol. The van der Waals surface area contributed by atoms with E-state index in [2.05, 4.69) is 10.3 Å². The van der Waals surface area contributed by atoms with Crippen molar-refractivity contribution in [1.82, 2.24) is 4.98 Å². The highest BCUT2D eigenvalue weighted by molar-refractivity contribution is 5.51. The van der Waals surface area contributed by atoms with Gasteiger partial charge in [-0.1, -0.05) is 0 Å². The molecule has 1 fully saturated rings. The lowest BCUT2D eigenvalue weighted by molar-refractivity contribution is 0.292. The average molecular weight is 182 g/mol. The van der Waals surface area contributed by atoms with Gasteiger partial charge in [0.2, 0.25) is 5.88 Å². The quantitative estimate of drug-likeness (QED) is 0.774. The van der Waals surface area contributed by atoms with Crippen molar-refractivity contribution in [3.8, 4) is 5.88 Å². The number of aromatic nitrogens is 1. The van der Waals surface area contributed by atoms with E-state index in [-0.39, 0.29) is 11.9 Å². The summed E-state index contributed by atoms with van der Waals surface area (Å²) in [5.41, 5.74) is 0.604. The molecule has 1 saturated carbocycles. The van der Waals surface area contributed by atoms with Gasteiger partial charge in [-0.15, -0.1) is 0 Å². The van der Waals surface area contributed by atoms with Gasteiger partial charge in [0.05, 0.1) is 11.9 Å². The number of nitrogens with zero attached hydrogens (tertiary/aromatic N) is 1. The summed E-state index contributed by atoms with van der Waals surface area (Å²) in [6.45, 7) is 0. The largest absolute Gasteiger partial charge is 0.473 e. The summed E-state index contributed by atoms with van der Waals surface area (Å²) < 4.78 is 18.2. The summed E-state index contributed by atoms with van der Waals surface area (Å²) in [4.78, 5) is 3.87. The van der Waals surface area contributed by atoms with Gasteiger partial charge in [0.15, 0.2) is 0 Å². The fourth-order valence-electron chi connectivity index (χ4n) is 1.04. The highest BCUT2D eigenvalue weighted by Gasteiger charge is 2.25. The minimum Gasteiger partial charge on any atom is -0.473 e. The molecule has 0 aliphatic heterocycles. The normalized spacial score (nSPS) is 15.5. The molecule has 1 aliphatic rings. The first-order chi connectivity index (χ1) is 6.29. The third-order valence-corrected chi connectivity index (χ3v) is 1.89. The van der Waals surface area contributed by atoms with E-state index in [0.717, 1.165) is 12.8 Å². The molecule has 1 aromatic rings. The molecule has 1 aliphatic carbocycles. The number of pyridine rings is 1. The van der Waals surface area contributed by atoms with Crippen LogP contribution in [0.1, 0.15) is 12.8 Å². The van der Waals surface area contributed by atoms with Crippen LogP contribution in [0, 0.1) is 5.82 Å². The zero-order chi connectivity index (χ0) is 9.26. The first kappa shape index (κ1) is 8.29. The highest BCUT2D eigenvalue weighted by Crippen LogP contribution is 2.30. The predicted molar refractivity (Wildman–Crippen MR) is 47.4 cm³/mol. The number of hydrogen-bond donors (Lipinski definition) is 1. The van der Waals surface area contributed by atoms with Crippen LogP contribution in [0.5, 0.6) is 5.88 Å². The van der Waals surface area contributed by atoms with Crippen molar-refractivity contribution in [2.75, 3.05) is 12.4 Å². The second-order valence-electron chi connectivity index (χ2n) is 3.07. The predicted octanol–water partition coefficient (Wildman–Crippen LogP) is 1.80. The molecule has 0 amide bonds. The third-order valence-electron chi connectivity index (χ3n) is 1.89. The van der Waals surface area contributed by atoms with E-state index < -0.39 is 0 Å². The Kier molecular flexibility index (Phi) is 2.04. The SMILES string of the molecule is CNc1cc(F)cnc1OC1CC1. The van der Waals surface area contributed by atoms with E-state index in [9.17, 15) is 4.39 Å². The standard InChI is InChI=1S/C9H11FN2O/c1-11-8-4-6(10)5-12-9(8)13-7-2-3-7/h4-5,7,11H,2-3H2,1H3. The van der Waals surface area contributed by atoms with E-state index in [1.807, 2.05) is 0 Å². The van der Waals surface area contributed by atoms with Crippen molar-refractivity contribution < 1.29 is 9.13 Å². The molecule has 0 spiro atoms. The summed E-state index contributed by atoms with van der Waals surface area (Å²) in [5.74, 6) is 0.138. The van der Waals surface area contributed by atoms with Crippen LogP contribution in [0.25, 0.3) is 0 Å². The molecule has 0 saturated heterocycles. The minimum atomic E-state index is -0.354. The summed E-state index contributed by atoms with van der Waals surface area (Å²) >= 11 is 0. The molecule has 0 radical (unpaired) electrons. The number of ether oxygens (including phenoxy) is 1. The molecule has 0 aromatic carbocycles. The molecule has 4 heteroatoms. The topological polar surface area (TPSA) is 34.2 Å². The van der Waals surface area contributed by atoms with Crippen LogP contribution in [0.15, 0.2) is 12.3 Å². The summed E-state index contributed by atoms with van der Waals surface area (Å²) in [7, 11) is 1.72. The Bertz CT molecular complexity index is 312. The van der Waals surface area contributed by atoms with Gasteiger partial charge in [0.25, 0.3) is 0 Å². The molecule has 0 bridgehead atoms. The fraction of sp³-hybridized carbons (Fsp3) is 0.444. The maximum atomic E-state index is 12.7. The molecular formula is C9H11FN2O. The van der Waals surface area contributed by atoms with Crippen LogP contribution in [0.2, 0.25) is 0 Å². The Morgan fingerprint density at radius 1 is 1.62 bits per heavy atom. The maximum absolute atomic E-state index is 12.7. The minimum absolute atomic E-state index is 0.282. The Labute approximate surface area is 75.9 Å².